The number of nitrogen functional groups attached to an aromatic ring is 1. The third-order valence-corrected chi connectivity index (χ3v) is 4.27. The molecule has 1 aliphatic heterocycles. The predicted molar refractivity (Wildman–Crippen MR) is 91.8 cm³/mol. The van der Waals surface area contributed by atoms with Gasteiger partial charge in [0.05, 0.1) is 0 Å². The molecule has 0 unspecified atom stereocenters. The Morgan fingerprint density at radius 2 is 1.70 bits per heavy atom. The highest BCUT2D eigenvalue weighted by molar-refractivity contribution is 5.96. The Balaban J connectivity index is 1.67. The fraction of sp³-hybridized carbons (Fsp3) is 0.278. The second-order valence-corrected chi connectivity index (χ2v) is 5.87. The van der Waals surface area contributed by atoms with Crippen LogP contribution in [0.4, 0.5) is 11.4 Å². The number of aryl methyl sites for hydroxylation is 1. The van der Waals surface area contributed by atoms with E-state index in [9.17, 15) is 9.90 Å². The Bertz CT molecular complexity index is 705. The maximum atomic E-state index is 12.7. The summed E-state index contributed by atoms with van der Waals surface area (Å²) in [6, 6.07) is 12.6. The van der Waals surface area contributed by atoms with Crippen molar-refractivity contribution in [2.45, 2.75) is 6.92 Å². The molecule has 120 valence electrons. The lowest BCUT2D eigenvalue weighted by Gasteiger charge is -2.36. The van der Waals surface area contributed by atoms with Crippen molar-refractivity contribution in [3.8, 4) is 5.75 Å². The number of carbonyl (C=O) groups excluding carboxylic acids is 1. The molecule has 5 nitrogen and oxygen atoms in total. The van der Waals surface area contributed by atoms with Crippen LogP contribution in [-0.4, -0.2) is 42.1 Å². The standard InChI is InChI=1S/C18H21N3O2/c1-13-2-3-14(19)12-17(13)18(23)21-10-8-20(9-11-21)15-4-6-16(22)7-5-15/h2-7,12,22H,8-11,19H2,1H3. The van der Waals surface area contributed by atoms with E-state index in [1.807, 2.05) is 36.1 Å². The number of nitrogens with two attached hydrogens (primary N) is 1. The zero-order chi connectivity index (χ0) is 16.4. The van der Waals surface area contributed by atoms with Gasteiger partial charge in [-0.3, -0.25) is 4.79 Å². The van der Waals surface area contributed by atoms with E-state index in [4.69, 9.17) is 5.73 Å². The minimum Gasteiger partial charge on any atom is -0.508 e. The van der Waals surface area contributed by atoms with Crippen LogP contribution >= 0.6 is 0 Å². The number of carbonyl (C=O) groups is 1. The molecule has 2 aromatic rings. The molecule has 1 aliphatic rings. The van der Waals surface area contributed by atoms with Crippen molar-refractivity contribution in [2.24, 2.45) is 0 Å². The summed E-state index contributed by atoms with van der Waals surface area (Å²) >= 11 is 0. The second-order valence-electron chi connectivity index (χ2n) is 5.87. The van der Waals surface area contributed by atoms with Crippen LogP contribution in [0.15, 0.2) is 42.5 Å². The van der Waals surface area contributed by atoms with Crippen LogP contribution in [0, 0.1) is 6.92 Å². The summed E-state index contributed by atoms with van der Waals surface area (Å²) in [6.45, 7) is 4.83. The third-order valence-electron chi connectivity index (χ3n) is 4.27. The van der Waals surface area contributed by atoms with Crippen LogP contribution in [-0.2, 0) is 0 Å². The number of rotatable bonds is 2. The molecule has 0 aromatic heterocycles. The topological polar surface area (TPSA) is 69.8 Å². The molecular formula is C18H21N3O2. The van der Waals surface area contributed by atoms with Gasteiger partial charge in [-0.05, 0) is 48.9 Å². The Morgan fingerprint density at radius 3 is 2.35 bits per heavy atom. The number of hydrogen-bond donors (Lipinski definition) is 2. The molecule has 1 saturated heterocycles. The maximum Gasteiger partial charge on any atom is 0.254 e. The van der Waals surface area contributed by atoms with Gasteiger partial charge < -0.3 is 20.6 Å². The Kier molecular flexibility index (Phi) is 4.10. The quantitative estimate of drug-likeness (QED) is 0.835. The Hall–Kier alpha value is -2.69. The van der Waals surface area contributed by atoms with Crippen molar-refractivity contribution in [3.05, 3.63) is 53.6 Å². The molecule has 3 rings (SSSR count). The number of hydrogen-bond acceptors (Lipinski definition) is 4. The SMILES string of the molecule is Cc1ccc(N)cc1C(=O)N1CCN(c2ccc(O)cc2)CC1. The molecule has 3 N–H and O–H groups in total. The summed E-state index contributed by atoms with van der Waals surface area (Å²) in [5.74, 6) is 0.305. The number of phenols is 1. The maximum absolute atomic E-state index is 12.7. The first-order chi connectivity index (χ1) is 11.0. The van der Waals surface area contributed by atoms with Crippen molar-refractivity contribution < 1.29 is 9.90 Å². The number of phenolic OH excluding ortho intramolecular Hbond substituents is 1. The first kappa shape index (κ1) is 15.2. The summed E-state index contributed by atoms with van der Waals surface area (Å²) in [6.07, 6.45) is 0. The van der Waals surface area contributed by atoms with E-state index in [1.54, 1.807) is 18.2 Å². The minimum atomic E-state index is 0.0418. The highest BCUT2D eigenvalue weighted by Crippen LogP contribution is 2.21. The number of aromatic hydroxyl groups is 1. The van der Waals surface area contributed by atoms with Gasteiger partial charge >= 0.3 is 0 Å². The van der Waals surface area contributed by atoms with Gasteiger partial charge in [0, 0.05) is 43.1 Å². The van der Waals surface area contributed by atoms with Crippen LogP contribution in [0.5, 0.6) is 5.75 Å². The lowest BCUT2D eigenvalue weighted by atomic mass is 10.1. The monoisotopic (exact) mass is 311 g/mol. The Labute approximate surface area is 135 Å². The summed E-state index contributed by atoms with van der Waals surface area (Å²) < 4.78 is 0. The van der Waals surface area contributed by atoms with Gasteiger partial charge in [0.25, 0.3) is 5.91 Å². The summed E-state index contributed by atoms with van der Waals surface area (Å²) in [4.78, 5) is 16.8. The average molecular weight is 311 g/mol. The van der Waals surface area contributed by atoms with Crippen LogP contribution in [0.2, 0.25) is 0 Å². The first-order valence-electron chi connectivity index (χ1n) is 7.74. The predicted octanol–water partition coefficient (Wildman–Crippen LogP) is 2.25. The molecular weight excluding hydrogens is 290 g/mol. The van der Waals surface area contributed by atoms with Crippen molar-refractivity contribution in [1.82, 2.24) is 4.90 Å². The summed E-state index contributed by atoms with van der Waals surface area (Å²) in [5, 5.41) is 9.36. The molecule has 0 aliphatic carbocycles. The number of amides is 1. The largest absolute Gasteiger partial charge is 0.508 e. The molecule has 0 bridgehead atoms. The van der Waals surface area contributed by atoms with Crippen LogP contribution in [0.25, 0.3) is 0 Å². The number of nitrogens with zero attached hydrogens (tertiary/aromatic N) is 2. The van der Waals surface area contributed by atoms with Crippen molar-refractivity contribution >= 4 is 17.3 Å². The molecule has 1 amide bonds. The molecule has 5 heteroatoms. The van der Waals surface area contributed by atoms with Gasteiger partial charge in [-0.2, -0.15) is 0 Å². The fourth-order valence-electron chi connectivity index (χ4n) is 2.87. The molecule has 2 aromatic carbocycles. The van der Waals surface area contributed by atoms with E-state index in [0.717, 1.165) is 24.3 Å². The fourth-order valence-corrected chi connectivity index (χ4v) is 2.87. The first-order valence-corrected chi connectivity index (χ1v) is 7.74. The van der Waals surface area contributed by atoms with E-state index in [-0.39, 0.29) is 11.7 Å². The van der Waals surface area contributed by atoms with Gasteiger partial charge in [-0.1, -0.05) is 6.07 Å². The van der Waals surface area contributed by atoms with Gasteiger partial charge in [-0.15, -0.1) is 0 Å². The van der Waals surface area contributed by atoms with Gasteiger partial charge in [-0.25, -0.2) is 0 Å². The summed E-state index contributed by atoms with van der Waals surface area (Å²) in [5.41, 5.74) is 9.12. The third kappa shape index (κ3) is 3.23. The van der Waals surface area contributed by atoms with Crippen molar-refractivity contribution in [3.63, 3.8) is 0 Å². The lowest BCUT2D eigenvalue weighted by Crippen LogP contribution is -2.48. The van der Waals surface area contributed by atoms with E-state index in [1.165, 1.54) is 0 Å². The second kappa shape index (κ2) is 6.20. The van der Waals surface area contributed by atoms with Crippen LogP contribution in [0.1, 0.15) is 15.9 Å². The van der Waals surface area contributed by atoms with E-state index < -0.39 is 0 Å². The van der Waals surface area contributed by atoms with Crippen LogP contribution in [0.3, 0.4) is 0 Å². The molecule has 1 heterocycles. The molecule has 0 spiro atoms. The van der Waals surface area contributed by atoms with Gasteiger partial charge in [0.15, 0.2) is 0 Å². The highest BCUT2D eigenvalue weighted by Gasteiger charge is 2.23. The van der Waals surface area contributed by atoms with Crippen molar-refractivity contribution in [2.75, 3.05) is 36.8 Å². The molecule has 1 fully saturated rings. The van der Waals surface area contributed by atoms with Crippen molar-refractivity contribution in [1.29, 1.82) is 0 Å². The molecule has 23 heavy (non-hydrogen) atoms. The zero-order valence-corrected chi connectivity index (χ0v) is 13.2. The van der Waals surface area contributed by atoms with E-state index in [2.05, 4.69) is 4.90 Å². The van der Waals surface area contributed by atoms with E-state index in [0.29, 0.717) is 24.3 Å². The molecule has 0 radical (unpaired) electrons. The number of piperazine rings is 1. The normalized spacial score (nSPS) is 14.8. The van der Waals surface area contributed by atoms with Gasteiger partial charge in [0.2, 0.25) is 0 Å². The average Bonchev–Trinajstić information content (AvgIpc) is 2.57. The van der Waals surface area contributed by atoms with E-state index >= 15 is 0 Å². The number of benzene rings is 2. The zero-order valence-electron chi connectivity index (χ0n) is 13.2. The number of anilines is 2. The highest BCUT2D eigenvalue weighted by atomic mass is 16.3. The molecule has 0 atom stereocenters. The van der Waals surface area contributed by atoms with Gasteiger partial charge in [0.1, 0.15) is 5.75 Å². The molecule has 0 saturated carbocycles. The summed E-state index contributed by atoms with van der Waals surface area (Å²) in [7, 11) is 0. The Morgan fingerprint density at radius 1 is 1.04 bits per heavy atom. The lowest BCUT2D eigenvalue weighted by molar-refractivity contribution is 0.0746. The smallest absolute Gasteiger partial charge is 0.254 e. The minimum absolute atomic E-state index is 0.0418. The van der Waals surface area contributed by atoms with Crippen LogP contribution < -0.4 is 10.6 Å².